The molecular weight excluding hydrogens is 424 g/mol. The van der Waals surface area contributed by atoms with Gasteiger partial charge in [0.15, 0.2) is 0 Å². The van der Waals surface area contributed by atoms with E-state index in [1.54, 1.807) is 0 Å². The molecule has 0 aromatic heterocycles. The second kappa shape index (κ2) is 11.5. The third-order valence-electron chi connectivity index (χ3n) is 4.99. The monoisotopic (exact) mass is 448 g/mol. The van der Waals surface area contributed by atoms with Gasteiger partial charge in [0.25, 0.3) is 5.91 Å². The number of nitrogens with zero attached hydrogens (tertiary/aromatic N) is 2. The normalized spacial score (nSPS) is 10.5. The van der Waals surface area contributed by atoms with Crippen LogP contribution >= 0.6 is 0 Å². The summed E-state index contributed by atoms with van der Waals surface area (Å²) in [5, 5.41) is 20.5. The van der Waals surface area contributed by atoms with Gasteiger partial charge in [-0.1, -0.05) is 66.7 Å². The number of nitro groups is 1. The first-order valence-electron chi connectivity index (χ1n) is 10.4. The minimum atomic E-state index is -1.19. The molecule has 0 heterocycles. The first-order valence-corrected chi connectivity index (χ1v) is 10.4. The number of anilines is 1. The Kier molecular flexibility index (Phi) is 8.26. The number of aromatic carboxylic acids is 1. The molecule has 0 saturated heterocycles. The number of carbonyl (C=O) groups is 2. The van der Waals surface area contributed by atoms with Crippen LogP contribution in [0.1, 0.15) is 27.0 Å². The van der Waals surface area contributed by atoms with Crippen LogP contribution in [0.4, 0.5) is 5.69 Å². The number of rotatable bonds is 11. The van der Waals surface area contributed by atoms with Crippen LogP contribution in [0.25, 0.3) is 0 Å². The van der Waals surface area contributed by atoms with Crippen LogP contribution in [-0.4, -0.2) is 35.1 Å². The van der Waals surface area contributed by atoms with E-state index in [-0.39, 0.29) is 44.0 Å². The van der Waals surface area contributed by atoms with Crippen LogP contribution in [0.3, 0.4) is 0 Å². The highest BCUT2D eigenvalue weighted by Crippen LogP contribution is 2.25. The molecular formula is C25H24N2O6. The molecule has 0 saturated carbocycles. The topological polar surface area (TPSA) is 110 Å². The molecule has 0 bridgehead atoms. The average molecular weight is 448 g/mol. The highest BCUT2D eigenvalue weighted by molar-refractivity contribution is 6.02. The maximum absolute atomic E-state index is 13.2. The highest BCUT2D eigenvalue weighted by Gasteiger charge is 2.23. The number of hydrogen-bond donors (Lipinski definition) is 1. The molecule has 3 rings (SSSR count). The van der Waals surface area contributed by atoms with Crippen molar-refractivity contribution in [2.45, 2.75) is 19.6 Å². The lowest BCUT2D eigenvalue weighted by atomic mass is 10.0. The fourth-order valence-corrected chi connectivity index (χ4v) is 3.34. The zero-order chi connectivity index (χ0) is 23.6. The van der Waals surface area contributed by atoms with Gasteiger partial charge in [0.1, 0.15) is 6.61 Å². The summed E-state index contributed by atoms with van der Waals surface area (Å²) >= 11 is 0. The molecule has 0 aliphatic heterocycles. The Morgan fingerprint density at radius 2 is 1.55 bits per heavy atom. The minimum Gasteiger partial charge on any atom is -0.478 e. The molecule has 0 atom stereocenters. The van der Waals surface area contributed by atoms with Crippen molar-refractivity contribution in [2.75, 3.05) is 18.1 Å². The molecule has 0 unspecified atom stereocenters. The number of carbonyl (C=O) groups excluding carboxylic acids is 1. The average Bonchev–Trinajstić information content (AvgIpc) is 2.82. The first kappa shape index (κ1) is 23.6. The number of hydrogen-bond acceptors (Lipinski definition) is 5. The molecule has 33 heavy (non-hydrogen) atoms. The fourth-order valence-electron chi connectivity index (χ4n) is 3.34. The summed E-state index contributed by atoms with van der Waals surface area (Å²) in [6, 6.07) is 23.0. The van der Waals surface area contributed by atoms with Crippen molar-refractivity contribution in [1.29, 1.82) is 0 Å². The second-order valence-electron chi connectivity index (χ2n) is 7.41. The van der Waals surface area contributed by atoms with E-state index < -0.39 is 16.8 Å². The molecule has 0 fully saturated rings. The molecule has 3 aromatic carbocycles. The number of benzene rings is 3. The summed E-state index contributed by atoms with van der Waals surface area (Å²) in [5.41, 5.74) is 2.41. The molecule has 1 amide bonds. The lowest BCUT2D eigenvalue weighted by molar-refractivity contribution is -0.479. The Hall–Kier alpha value is -4.04. The predicted octanol–water partition coefficient (Wildman–Crippen LogP) is 3.95. The Balaban J connectivity index is 1.88. The minimum absolute atomic E-state index is 0.0628. The fraction of sp³-hybridized carbons (Fsp3) is 0.200. The molecule has 8 heteroatoms. The maximum atomic E-state index is 13.2. The Morgan fingerprint density at radius 3 is 2.15 bits per heavy atom. The Morgan fingerprint density at radius 1 is 0.909 bits per heavy atom. The van der Waals surface area contributed by atoms with Crippen molar-refractivity contribution < 1.29 is 24.4 Å². The third kappa shape index (κ3) is 6.98. The van der Waals surface area contributed by atoms with Crippen molar-refractivity contribution in [3.8, 4) is 0 Å². The van der Waals surface area contributed by atoms with Gasteiger partial charge in [0, 0.05) is 11.3 Å². The lowest BCUT2D eigenvalue weighted by Crippen LogP contribution is -2.35. The van der Waals surface area contributed by atoms with E-state index in [9.17, 15) is 24.8 Å². The van der Waals surface area contributed by atoms with Gasteiger partial charge < -0.3 is 14.7 Å². The van der Waals surface area contributed by atoms with Crippen molar-refractivity contribution in [1.82, 2.24) is 0 Å². The Bertz CT molecular complexity index is 1100. The number of amides is 1. The van der Waals surface area contributed by atoms with E-state index in [0.717, 1.165) is 11.1 Å². The van der Waals surface area contributed by atoms with Crippen molar-refractivity contribution in [3.05, 3.63) is 111 Å². The van der Waals surface area contributed by atoms with Crippen LogP contribution in [0.15, 0.2) is 78.9 Å². The first-order chi connectivity index (χ1) is 15.9. The summed E-state index contributed by atoms with van der Waals surface area (Å²) in [6.45, 7) is -0.174. The van der Waals surface area contributed by atoms with Gasteiger partial charge in [-0.2, -0.15) is 0 Å². The molecule has 0 spiro atoms. The van der Waals surface area contributed by atoms with Crippen LogP contribution in [0, 0.1) is 10.1 Å². The number of ether oxygens (including phenoxy) is 1. The van der Waals surface area contributed by atoms with E-state index in [4.69, 9.17) is 4.74 Å². The maximum Gasteiger partial charge on any atom is 0.337 e. The van der Waals surface area contributed by atoms with Gasteiger partial charge in [-0.05, 0) is 28.8 Å². The predicted molar refractivity (Wildman–Crippen MR) is 123 cm³/mol. The van der Waals surface area contributed by atoms with Gasteiger partial charge in [0.2, 0.25) is 6.54 Å². The highest BCUT2D eigenvalue weighted by atomic mass is 16.6. The van der Waals surface area contributed by atoms with E-state index in [1.165, 1.54) is 23.1 Å². The zero-order valence-corrected chi connectivity index (χ0v) is 17.9. The van der Waals surface area contributed by atoms with Gasteiger partial charge in [-0.15, -0.1) is 0 Å². The second-order valence-corrected chi connectivity index (χ2v) is 7.41. The summed E-state index contributed by atoms with van der Waals surface area (Å²) in [7, 11) is 0. The zero-order valence-electron chi connectivity index (χ0n) is 17.9. The lowest BCUT2D eigenvalue weighted by Gasteiger charge is -2.25. The van der Waals surface area contributed by atoms with E-state index >= 15 is 0 Å². The molecule has 0 aliphatic rings. The van der Waals surface area contributed by atoms with Crippen molar-refractivity contribution >= 4 is 17.6 Å². The molecule has 1 N–H and O–H groups in total. The summed E-state index contributed by atoms with van der Waals surface area (Å²) in [5.74, 6) is -1.61. The smallest absolute Gasteiger partial charge is 0.337 e. The van der Waals surface area contributed by atoms with Gasteiger partial charge in [-0.3, -0.25) is 14.9 Å². The largest absolute Gasteiger partial charge is 0.478 e. The van der Waals surface area contributed by atoms with E-state index in [2.05, 4.69) is 0 Å². The quantitative estimate of drug-likeness (QED) is 0.351. The number of carboxylic acids is 1. The summed E-state index contributed by atoms with van der Waals surface area (Å²) in [6.07, 6.45) is 0.123. The van der Waals surface area contributed by atoms with E-state index in [1.807, 2.05) is 60.7 Å². The molecule has 0 radical (unpaired) electrons. The Labute approximate surface area is 191 Å². The van der Waals surface area contributed by atoms with E-state index in [0.29, 0.717) is 5.56 Å². The van der Waals surface area contributed by atoms with Gasteiger partial charge >= 0.3 is 5.97 Å². The number of carboxylic acid groups (broad SMARTS) is 1. The SMILES string of the molecule is O=C(O)c1ccc(CC[N+](=O)[O-])cc1N(Cc1ccccc1)C(=O)COCc1ccccc1. The van der Waals surface area contributed by atoms with Crippen LogP contribution in [0.2, 0.25) is 0 Å². The molecule has 8 nitrogen and oxygen atoms in total. The van der Waals surface area contributed by atoms with Crippen LogP contribution in [-0.2, 0) is 29.1 Å². The van der Waals surface area contributed by atoms with Crippen molar-refractivity contribution in [3.63, 3.8) is 0 Å². The van der Waals surface area contributed by atoms with Crippen molar-refractivity contribution in [2.24, 2.45) is 0 Å². The standard InChI is InChI=1S/C25H24N2O6/c28-24(18-33-17-21-9-5-2-6-10-21)26(16-20-7-3-1-4-8-20)23-15-19(13-14-27(31)32)11-12-22(23)25(29)30/h1-12,15H,13-14,16-18H2,(H,29,30). The van der Waals surface area contributed by atoms with Gasteiger partial charge in [0.05, 0.1) is 24.4 Å². The third-order valence-corrected chi connectivity index (χ3v) is 4.99. The van der Waals surface area contributed by atoms with Crippen LogP contribution in [0.5, 0.6) is 0 Å². The summed E-state index contributed by atoms with van der Waals surface area (Å²) < 4.78 is 5.60. The molecule has 3 aromatic rings. The van der Waals surface area contributed by atoms with Gasteiger partial charge in [-0.25, -0.2) is 4.79 Å². The molecule has 170 valence electrons. The van der Waals surface area contributed by atoms with Crippen LogP contribution < -0.4 is 4.90 Å². The molecule has 0 aliphatic carbocycles. The summed E-state index contributed by atoms with van der Waals surface area (Å²) in [4.78, 5) is 36.8.